The van der Waals surface area contributed by atoms with Crippen molar-refractivity contribution in [2.45, 2.75) is 57.6 Å². The number of benzene rings is 1. The van der Waals surface area contributed by atoms with E-state index in [0.717, 1.165) is 45.3 Å². The molecule has 21 heavy (non-hydrogen) atoms. The largest absolute Gasteiger partial charge is 0.378 e. The third-order valence-electron chi connectivity index (χ3n) is 4.05. The predicted molar refractivity (Wildman–Crippen MR) is 80.2 cm³/mol. The number of hydrogen-bond donors (Lipinski definition) is 1. The molecule has 4 heteroatoms. The summed E-state index contributed by atoms with van der Waals surface area (Å²) in [6.45, 7) is 3.69. The summed E-state index contributed by atoms with van der Waals surface area (Å²) < 4.78 is 33.2. The highest BCUT2D eigenvalue weighted by Crippen LogP contribution is 2.26. The van der Waals surface area contributed by atoms with E-state index in [1.54, 1.807) is 12.1 Å². The minimum absolute atomic E-state index is 0.147. The van der Waals surface area contributed by atoms with Crippen LogP contribution in [-0.4, -0.2) is 19.3 Å². The molecule has 2 atom stereocenters. The molecule has 0 bridgehead atoms. The topological polar surface area (TPSA) is 21.3 Å². The van der Waals surface area contributed by atoms with Gasteiger partial charge in [0.25, 0.3) is 0 Å². The first-order chi connectivity index (χ1) is 10.2. The molecule has 1 N–H and O–H groups in total. The van der Waals surface area contributed by atoms with Gasteiger partial charge in [0, 0.05) is 18.2 Å². The van der Waals surface area contributed by atoms with Crippen LogP contribution in [0.25, 0.3) is 0 Å². The van der Waals surface area contributed by atoms with Gasteiger partial charge < -0.3 is 10.1 Å². The fraction of sp³-hybridized carbons (Fsp3) is 0.647. The van der Waals surface area contributed by atoms with Crippen LogP contribution in [0.5, 0.6) is 0 Å². The van der Waals surface area contributed by atoms with Crippen LogP contribution in [0.15, 0.2) is 18.2 Å². The molecule has 2 unspecified atom stereocenters. The Labute approximate surface area is 125 Å². The van der Waals surface area contributed by atoms with E-state index in [0.29, 0.717) is 5.56 Å². The van der Waals surface area contributed by atoms with Gasteiger partial charge in [-0.3, -0.25) is 0 Å². The lowest BCUT2D eigenvalue weighted by atomic mass is 9.96. The molecule has 2 nitrogen and oxygen atoms in total. The number of halogens is 2. The third-order valence-corrected chi connectivity index (χ3v) is 4.05. The fourth-order valence-electron chi connectivity index (χ4n) is 2.86. The van der Waals surface area contributed by atoms with Gasteiger partial charge in [0.05, 0.1) is 6.10 Å². The standard InChI is InChI=1S/C17H25F2NO/c1-2-11-20-16(10-9-13-6-3-4-12-21-13)14-7-5-8-15(18)17(14)19/h5,7-8,13,16,20H,2-4,6,9-12H2,1H3. The van der Waals surface area contributed by atoms with Crippen LogP contribution in [0.4, 0.5) is 8.78 Å². The van der Waals surface area contributed by atoms with Gasteiger partial charge in [0.15, 0.2) is 11.6 Å². The van der Waals surface area contributed by atoms with Gasteiger partial charge in [0.2, 0.25) is 0 Å². The molecule has 0 aromatic heterocycles. The van der Waals surface area contributed by atoms with E-state index < -0.39 is 11.6 Å². The number of nitrogens with one attached hydrogen (secondary N) is 1. The second kappa shape index (κ2) is 8.44. The molecule has 1 aromatic carbocycles. The minimum atomic E-state index is -0.773. The maximum Gasteiger partial charge on any atom is 0.163 e. The summed E-state index contributed by atoms with van der Waals surface area (Å²) in [6.07, 6.45) is 6.29. The molecule has 2 rings (SSSR count). The summed E-state index contributed by atoms with van der Waals surface area (Å²) in [4.78, 5) is 0. The highest BCUT2D eigenvalue weighted by atomic mass is 19.2. The Kier molecular flexibility index (Phi) is 6.58. The van der Waals surface area contributed by atoms with Crippen molar-refractivity contribution in [3.05, 3.63) is 35.4 Å². The molecule has 0 amide bonds. The van der Waals surface area contributed by atoms with Crippen molar-refractivity contribution in [3.8, 4) is 0 Å². The summed E-state index contributed by atoms with van der Waals surface area (Å²) in [5, 5.41) is 3.33. The zero-order valence-corrected chi connectivity index (χ0v) is 12.7. The molecule has 1 saturated heterocycles. The molecule has 1 heterocycles. The van der Waals surface area contributed by atoms with Crippen LogP contribution in [0.3, 0.4) is 0 Å². The second-order valence-corrected chi connectivity index (χ2v) is 5.72. The van der Waals surface area contributed by atoms with Gasteiger partial charge in [-0.15, -0.1) is 0 Å². The predicted octanol–water partition coefficient (Wildman–Crippen LogP) is 4.35. The lowest BCUT2D eigenvalue weighted by molar-refractivity contribution is 0.00848. The maximum atomic E-state index is 14.0. The molecule has 0 radical (unpaired) electrons. The van der Waals surface area contributed by atoms with Crippen molar-refractivity contribution in [2.24, 2.45) is 0 Å². The Morgan fingerprint density at radius 1 is 1.33 bits per heavy atom. The monoisotopic (exact) mass is 297 g/mol. The number of rotatable bonds is 7. The van der Waals surface area contributed by atoms with E-state index >= 15 is 0 Å². The smallest absolute Gasteiger partial charge is 0.163 e. The van der Waals surface area contributed by atoms with E-state index in [1.807, 2.05) is 0 Å². The van der Waals surface area contributed by atoms with Gasteiger partial charge in [-0.05, 0) is 51.1 Å². The Hall–Kier alpha value is -1.00. The SMILES string of the molecule is CCCNC(CCC1CCCCO1)c1cccc(F)c1F. The summed E-state index contributed by atoms with van der Waals surface area (Å²) in [5.74, 6) is -1.50. The average Bonchev–Trinajstić information content (AvgIpc) is 2.52. The average molecular weight is 297 g/mol. The number of hydrogen-bond acceptors (Lipinski definition) is 2. The first-order valence-corrected chi connectivity index (χ1v) is 8.01. The zero-order valence-electron chi connectivity index (χ0n) is 12.7. The van der Waals surface area contributed by atoms with Crippen molar-refractivity contribution in [1.29, 1.82) is 0 Å². The van der Waals surface area contributed by atoms with Crippen molar-refractivity contribution in [1.82, 2.24) is 5.32 Å². The highest BCUT2D eigenvalue weighted by molar-refractivity contribution is 5.22. The van der Waals surface area contributed by atoms with Crippen molar-refractivity contribution < 1.29 is 13.5 Å². The fourth-order valence-corrected chi connectivity index (χ4v) is 2.86. The maximum absolute atomic E-state index is 14.0. The Balaban J connectivity index is 2.01. The minimum Gasteiger partial charge on any atom is -0.378 e. The quantitative estimate of drug-likeness (QED) is 0.807. The molecule has 0 saturated carbocycles. The second-order valence-electron chi connectivity index (χ2n) is 5.72. The molecular weight excluding hydrogens is 272 g/mol. The normalized spacial score (nSPS) is 20.4. The third kappa shape index (κ3) is 4.75. The van der Waals surface area contributed by atoms with Gasteiger partial charge >= 0.3 is 0 Å². The zero-order chi connectivity index (χ0) is 15.1. The van der Waals surface area contributed by atoms with Crippen LogP contribution in [-0.2, 0) is 4.74 Å². The number of ether oxygens (including phenoxy) is 1. The molecule has 0 aliphatic carbocycles. The molecule has 118 valence electrons. The van der Waals surface area contributed by atoms with E-state index in [2.05, 4.69) is 12.2 Å². The van der Waals surface area contributed by atoms with Crippen molar-refractivity contribution in [2.75, 3.05) is 13.2 Å². The lowest BCUT2D eigenvalue weighted by Gasteiger charge is -2.26. The van der Waals surface area contributed by atoms with Crippen LogP contribution < -0.4 is 5.32 Å². The molecule has 1 aliphatic rings. The van der Waals surface area contributed by atoms with Gasteiger partial charge in [0.1, 0.15) is 0 Å². The van der Waals surface area contributed by atoms with Crippen molar-refractivity contribution in [3.63, 3.8) is 0 Å². The molecule has 0 spiro atoms. The van der Waals surface area contributed by atoms with Gasteiger partial charge in [-0.25, -0.2) is 8.78 Å². The van der Waals surface area contributed by atoms with E-state index in [9.17, 15) is 8.78 Å². The molecule has 1 aromatic rings. The van der Waals surface area contributed by atoms with E-state index in [4.69, 9.17) is 4.74 Å². The van der Waals surface area contributed by atoms with E-state index in [1.165, 1.54) is 12.5 Å². The molecular formula is C17H25F2NO. The summed E-state index contributed by atoms with van der Waals surface area (Å²) >= 11 is 0. The Morgan fingerprint density at radius 3 is 2.90 bits per heavy atom. The summed E-state index contributed by atoms with van der Waals surface area (Å²) in [6, 6.07) is 4.27. The summed E-state index contributed by atoms with van der Waals surface area (Å²) in [5.41, 5.74) is 0.430. The van der Waals surface area contributed by atoms with Crippen LogP contribution in [0.1, 0.15) is 57.1 Å². The van der Waals surface area contributed by atoms with Crippen molar-refractivity contribution >= 4 is 0 Å². The molecule has 1 fully saturated rings. The first kappa shape index (κ1) is 16.4. The van der Waals surface area contributed by atoms with Gasteiger partial charge in [-0.1, -0.05) is 19.1 Å². The van der Waals surface area contributed by atoms with Crippen LogP contribution in [0, 0.1) is 11.6 Å². The lowest BCUT2D eigenvalue weighted by Crippen LogP contribution is -2.26. The summed E-state index contributed by atoms with van der Waals surface area (Å²) in [7, 11) is 0. The highest BCUT2D eigenvalue weighted by Gasteiger charge is 2.20. The van der Waals surface area contributed by atoms with Crippen LogP contribution >= 0.6 is 0 Å². The van der Waals surface area contributed by atoms with Gasteiger partial charge in [-0.2, -0.15) is 0 Å². The molecule has 1 aliphatic heterocycles. The Bertz CT molecular complexity index is 433. The first-order valence-electron chi connectivity index (χ1n) is 8.01. The van der Waals surface area contributed by atoms with E-state index in [-0.39, 0.29) is 12.1 Å². The Morgan fingerprint density at radius 2 is 2.19 bits per heavy atom. The van der Waals surface area contributed by atoms with Crippen LogP contribution in [0.2, 0.25) is 0 Å².